The van der Waals surface area contributed by atoms with Gasteiger partial charge in [0.25, 0.3) is 0 Å². The SMILES string of the molecule is C.C.C.CC1CCC(C)CC1.Cc1ccc(C)c(F)c1.Cc1ccc(C)c(F)c1. The molecule has 29 heavy (non-hydrogen) atoms. The molecule has 1 saturated carbocycles. The van der Waals surface area contributed by atoms with Crippen LogP contribution in [0.3, 0.4) is 0 Å². The molecule has 2 heteroatoms. The lowest BCUT2D eigenvalue weighted by molar-refractivity contribution is 0.308. The summed E-state index contributed by atoms with van der Waals surface area (Å²) in [5.41, 5.74) is 3.36. The lowest BCUT2D eigenvalue weighted by atomic mass is 9.84. The second-order valence-corrected chi connectivity index (χ2v) is 7.87. The monoisotopic (exact) mass is 408 g/mol. The first-order chi connectivity index (χ1) is 12.2. The predicted octanol–water partition coefficient (Wildman–Crippen LogP) is 9.63. The van der Waals surface area contributed by atoms with Gasteiger partial charge in [-0.25, -0.2) is 8.78 Å². The Morgan fingerprint density at radius 3 is 1.07 bits per heavy atom. The van der Waals surface area contributed by atoms with Crippen molar-refractivity contribution in [2.45, 2.75) is 89.5 Å². The van der Waals surface area contributed by atoms with Crippen molar-refractivity contribution in [3.63, 3.8) is 0 Å². The third kappa shape index (κ3) is 13.2. The van der Waals surface area contributed by atoms with Gasteiger partial charge in [0.2, 0.25) is 0 Å². The van der Waals surface area contributed by atoms with Gasteiger partial charge >= 0.3 is 0 Å². The summed E-state index contributed by atoms with van der Waals surface area (Å²) in [7, 11) is 0. The van der Waals surface area contributed by atoms with E-state index in [2.05, 4.69) is 13.8 Å². The van der Waals surface area contributed by atoms with Crippen molar-refractivity contribution in [3.8, 4) is 0 Å². The van der Waals surface area contributed by atoms with Gasteiger partial charge in [-0.3, -0.25) is 0 Å². The Balaban J connectivity index is -0.000000333. The maximum absolute atomic E-state index is 12.6. The van der Waals surface area contributed by atoms with Crippen molar-refractivity contribution in [2.24, 2.45) is 11.8 Å². The molecule has 168 valence electrons. The first-order valence-electron chi connectivity index (χ1n) is 9.64. The summed E-state index contributed by atoms with van der Waals surface area (Å²) in [6, 6.07) is 10.4. The zero-order chi connectivity index (χ0) is 19.7. The van der Waals surface area contributed by atoms with Gasteiger partial charge in [0.05, 0.1) is 0 Å². The number of hydrogen-bond acceptors (Lipinski definition) is 0. The zero-order valence-corrected chi connectivity index (χ0v) is 17.2. The van der Waals surface area contributed by atoms with Crippen LogP contribution < -0.4 is 0 Å². The van der Waals surface area contributed by atoms with Gasteiger partial charge in [0.1, 0.15) is 11.6 Å². The highest BCUT2D eigenvalue weighted by Crippen LogP contribution is 2.27. The van der Waals surface area contributed by atoms with Crippen LogP contribution >= 0.6 is 0 Å². The van der Waals surface area contributed by atoms with E-state index in [4.69, 9.17) is 0 Å². The van der Waals surface area contributed by atoms with E-state index in [0.717, 1.165) is 23.0 Å². The molecular formula is C27H46F2. The molecule has 0 N–H and O–H groups in total. The van der Waals surface area contributed by atoms with Crippen molar-refractivity contribution in [1.82, 2.24) is 0 Å². The molecule has 1 aliphatic carbocycles. The van der Waals surface area contributed by atoms with Crippen LogP contribution in [0.15, 0.2) is 36.4 Å². The van der Waals surface area contributed by atoms with E-state index < -0.39 is 0 Å². The number of halogens is 2. The third-order valence-corrected chi connectivity index (χ3v) is 4.96. The molecule has 1 aliphatic rings. The minimum atomic E-state index is -0.116. The number of hydrogen-bond donors (Lipinski definition) is 0. The van der Waals surface area contributed by atoms with Gasteiger partial charge in [-0.05, 0) is 73.9 Å². The van der Waals surface area contributed by atoms with Crippen molar-refractivity contribution in [1.29, 1.82) is 0 Å². The van der Waals surface area contributed by atoms with Gasteiger partial charge in [0, 0.05) is 0 Å². The fraction of sp³-hybridized carbons (Fsp3) is 0.556. The quantitative estimate of drug-likeness (QED) is 0.407. The first-order valence-corrected chi connectivity index (χ1v) is 9.64. The van der Waals surface area contributed by atoms with E-state index in [9.17, 15) is 8.78 Å². The molecule has 0 radical (unpaired) electrons. The zero-order valence-electron chi connectivity index (χ0n) is 17.2. The second kappa shape index (κ2) is 16.1. The Morgan fingerprint density at radius 2 is 0.862 bits per heavy atom. The molecule has 0 nitrogen and oxygen atoms in total. The lowest BCUT2D eigenvalue weighted by Gasteiger charge is -2.22. The summed E-state index contributed by atoms with van der Waals surface area (Å²) < 4.78 is 25.2. The number of rotatable bonds is 0. The summed E-state index contributed by atoms with van der Waals surface area (Å²) in [6.07, 6.45) is 5.89. The van der Waals surface area contributed by atoms with Crippen molar-refractivity contribution in [3.05, 3.63) is 70.3 Å². The molecule has 2 aromatic carbocycles. The Bertz CT molecular complexity index is 609. The average molecular weight is 409 g/mol. The third-order valence-electron chi connectivity index (χ3n) is 4.96. The van der Waals surface area contributed by atoms with E-state index in [1.807, 2.05) is 26.0 Å². The van der Waals surface area contributed by atoms with Gasteiger partial charge in [-0.1, -0.05) is 86.1 Å². The molecular weight excluding hydrogens is 362 g/mol. The highest BCUT2D eigenvalue weighted by molar-refractivity contribution is 5.22. The van der Waals surface area contributed by atoms with Crippen LogP contribution in [0.5, 0.6) is 0 Å². The van der Waals surface area contributed by atoms with E-state index >= 15 is 0 Å². The highest BCUT2D eigenvalue weighted by atomic mass is 19.1. The summed E-state index contributed by atoms with van der Waals surface area (Å²) in [5.74, 6) is 1.81. The Hall–Kier alpha value is -1.70. The molecule has 0 unspecified atom stereocenters. The minimum absolute atomic E-state index is 0. The minimum Gasteiger partial charge on any atom is -0.207 e. The van der Waals surface area contributed by atoms with Crippen molar-refractivity contribution in [2.75, 3.05) is 0 Å². The highest BCUT2D eigenvalue weighted by Gasteiger charge is 2.13. The van der Waals surface area contributed by atoms with Crippen LogP contribution in [0.1, 0.15) is 84.1 Å². The molecule has 0 saturated heterocycles. The summed E-state index contributed by atoms with van der Waals surface area (Å²) >= 11 is 0. The summed E-state index contributed by atoms with van der Waals surface area (Å²) in [6.45, 7) is 12.0. The molecule has 2 aromatic rings. The van der Waals surface area contributed by atoms with Crippen LogP contribution in [-0.2, 0) is 0 Å². The van der Waals surface area contributed by atoms with E-state index in [1.54, 1.807) is 26.0 Å². The molecule has 1 fully saturated rings. The van der Waals surface area contributed by atoms with E-state index in [0.29, 0.717) is 11.1 Å². The second-order valence-electron chi connectivity index (χ2n) is 7.87. The Labute approximate surface area is 180 Å². The standard InChI is InChI=1S/2C8H9F.C8H16.3CH4/c2*1-6-3-4-7(2)8(9)5-6;1-7-3-5-8(2)6-4-7;;;/h2*3-5H,1-2H3;7-8H,3-6H2,1-2H3;3*1H4. The number of aryl methyl sites for hydroxylation is 4. The first kappa shape index (κ1) is 32.0. The Kier molecular flexibility index (Phi) is 17.8. The van der Waals surface area contributed by atoms with Crippen LogP contribution in [-0.4, -0.2) is 0 Å². The topological polar surface area (TPSA) is 0 Å². The Morgan fingerprint density at radius 1 is 0.586 bits per heavy atom. The maximum Gasteiger partial charge on any atom is 0.126 e. The van der Waals surface area contributed by atoms with Crippen molar-refractivity contribution < 1.29 is 8.78 Å². The molecule has 0 spiro atoms. The molecule has 3 rings (SSSR count). The van der Waals surface area contributed by atoms with Gasteiger partial charge in [-0.2, -0.15) is 0 Å². The smallest absolute Gasteiger partial charge is 0.126 e. The van der Waals surface area contributed by atoms with Crippen LogP contribution in [0.25, 0.3) is 0 Å². The fourth-order valence-electron chi connectivity index (χ4n) is 2.82. The summed E-state index contributed by atoms with van der Waals surface area (Å²) in [5, 5.41) is 0. The van der Waals surface area contributed by atoms with Gasteiger partial charge in [-0.15, -0.1) is 0 Å². The predicted molar refractivity (Wildman–Crippen MR) is 129 cm³/mol. The van der Waals surface area contributed by atoms with Crippen LogP contribution in [0, 0.1) is 51.2 Å². The molecule has 0 bridgehead atoms. The molecule has 0 amide bonds. The van der Waals surface area contributed by atoms with Crippen molar-refractivity contribution >= 4 is 0 Å². The van der Waals surface area contributed by atoms with Crippen LogP contribution in [0.2, 0.25) is 0 Å². The summed E-state index contributed by atoms with van der Waals surface area (Å²) in [4.78, 5) is 0. The fourth-order valence-corrected chi connectivity index (χ4v) is 2.82. The van der Waals surface area contributed by atoms with Gasteiger partial charge < -0.3 is 0 Å². The molecule has 0 aliphatic heterocycles. The average Bonchev–Trinajstić information content (AvgIpc) is 2.59. The van der Waals surface area contributed by atoms with Crippen LogP contribution in [0.4, 0.5) is 8.78 Å². The van der Waals surface area contributed by atoms with E-state index in [1.165, 1.54) is 37.8 Å². The lowest BCUT2D eigenvalue weighted by Crippen LogP contribution is -2.08. The number of benzene rings is 2. The maximum atomic E-state index is 12.6. The largest absolute Gasteiger partial charge is 0.207 e. The van der Waals surface area contributed by atoms with E-state index in [-0.39, 0.29) is 33.9 Å². The normalized spacial score (nSPS) is 17.0. The van der Waals surface area contributed by atoms with Gasteiger partial charge in [0.15, 0.2) is 0 Å². The molecule has 0 aromatic heterocycles. The molecule has 0 atom stereocenters. The molecule has 0 heterocycles.